The number of fused-ring (bicyclic) bond motifs is 1. The first kappa shape index (κ1) is 24.6. The highest BCUT2D eigenvalue weighted by molar-refractivity contribution is 5.79. The van der Waals surface area contributed by atoms with Gasteiger partial charge in [-0.3, -0.25) is 4.79 Å². The molecule has 3 N–H and O–H groups in total. The summed E-state index contributed by atoms with van der Waals surface area (Å²) in [6.45, 7) is 3.72. The molecule has 8 heteroatoms. The van der Waals surface area contributed by atoms with E-state index < -0.39 is 0 Å². The molecule has 3 atom stereocenters. The summed E-state index contributed by atoms with van der Waals surface area (Å²) in [5.74, 6) is 1.39. The third-order valence-electron chi connectivity index (χ3n) is 7.64. The number of ether oxygens (including phenoxy) is 2. The zero-order valence-electron chi connectivity index (χ0n) is 20.7. The lowest BCUT2D eigenvalue weighted by atomic mass is 9.76. The molecule has 192 valence electrons. The second-order valence-corrected chi connectivity index (χ2v) is 9.96. The average molecular weight is 493 g/mol. The van der Waals surface area contributed by atoms with Gasteiger partial charge in [0.25, 0.3) is 0 Å². The van der Waals surface area contributed by atoms with Crippen molar-refractivity contribution < 1.29 is 19.1 Å². The maximum atomic E-state index is 13.3. The minimum Gasteiger partial charge on any atom is -0.492 e. The second kappa shape index (κ2) is 11.3. The first-order valence-electron chi connectivity index (χ1n) is 13.0. The van der Waals surface area contributed by atoms with Crippen LogP contribution in [0.3, 0.4) is 0 Å². The molecule has 3 aliphatic heterocycles. The Morgan fingerprint density at radius 3 is 2.56 bits per heavy atom. The number of nitrogens with one attached hydrogen (secondary N) is 1. The van der Waals surface area contributed by atoms with E-state index in [4.69, 9.17) is 15.2 Å². The predicted octanol–water partition coefficient (Wildman–Crippen LogP) is 2.58. The van der Waals surface area contributed by atoms with Crippen LogP contribution in [0.4, 0.5) is 4.79 Å². The third-order valence-corrected chi connectivity index (χ3v) is 7.64. The molecule has 2 aromatic carbocycles. The van der Waals surface area contributed by atoms with Gasteiger partial charge in [-0.1, -0.05) is 42.5 Å². The monoisotopic (exact) mass is 492 g/mol. The van der Waals surface area contributed by atoms with Gasteiger partial charge in [0.2, 0.25) is 5.91 Å². The molecule has 0 spiro atoms. The van der Waals surface area contributed by atoms with Crippen LogP contribution >= 0.6 is 0 Å². The number of carbonyl (C=O) groups excluding carboxylic acids is 2. The van der Waals surface area contributed by atoms with Gasteiger partial charge in [0.1, 0.15) is 19.0 Å². The van der Waals surface area contributed by atoms with Crippen molar-refractivity contribution in [1.82, 2.24) is 15.1 Å². The molecule has 5 rings (SSSR count). The van der Waals surface area contributed by atoms with Crippen molar-refractivity contribution >= 4 is 11.9 Å². The van der Waals surface area contributed by atoms with Crippen LogP contribution < -0.4 is 15.8 Å². The Labute approximate surface area is 212 Å². The number of likely N-dealkylation sites (tertiary alicyclic amines) is 2. The molecule has 0 bridgehead atoms. The van der Waals surface area contributed by atoms with Crippen LogP contribution in [0.1, 0.15) is 36.3 Å². The molecule has 36 heavy (non-hydrogen) atoms. The molecule has 3 saturated heterocycles. The van der Waals surface area contributed by atoms with E-state index in [1.807, 2.05) is 28.0 Å². The summed E-state index contributed by atoms with van der Waals surface area (Å²) in [5, 5.41) is 2.99. The fourth-order valence-corrected chi connectivity index (χ4v) is 5.87. The summed E-state index contributed by atoms with van der Waals surface area (Å²) in [6, 6.07) is 18.9. The molecule has 0 aromatic heterocycles. The maximum Gasteiger partial charge on any atom is 0.320 e. The Balaban J connectivity index is 1.26. The van der Waals surface area contributed by atoms with Gasteiger partial charge >= 0.3 is 6.03 Å². The van der Waals surface area contributed by atoms with Crippen molar-refractivity contribution in [3.63, 3.8) is 0 Å². The van der Waals surface area contributed by atoms with E-state index in [1.165, 1.54) is 11.1 Å². The van der Waals surface area contributed by atoms with Gasteiger partial charge in [-0.25, -0.2) is 4.79 Å². The number of nitrogens with two attached hydrogens (primary N) is 1. The highest BCUT2D eigenvalue weighted by Gasteiger charge is 2.38. The number of hydrogen-bond donors (Lipinski definition) is 2. The normalized spacial score (nSPS) is 23.5. The fraction of sp³-hybridized carbons (Fsp3) is 0.500. The van der Waals surface area contributed by atoms with Gasteiger partial charge in [-0.2, -0.15) is 0 Å². The van der Waals surface area contributed by atoms with Crippen molar-refractivity contribution in [3.8, 4) is 5.75 Å². The van der Waals surface area contributed by atoms with E-state index in [9.17, 15) is 9.59 Å². The van der Waals surface area contributed by atoms with Crippen LogP contribution in [-0.4, -0.2) is 79.8 Å². The number of carbonyl (C=O) groups is 2. The SMILES string of the molecule is NCCOc1cccc(C(c2ccccc2)C2CCN(C(=O)N3CCC4OCC(=O)N[C@@H]4C3)CC2)c1. The minimum absolute atomic E-state index is 0.00807. The van der Waals surface area contributed by atoms with E-state index >= 15 is 0 Å². The largest absolute Gasteiger partial charge is 0.492 e. The lowest BCUT2D eigenvalue weighted by molar-refractivity contribution is -0.139. The number of hydrogen-bond acceptors (Lipinski definition) is 5. The van der Waals surface area contributed by atoms with Crippen LogP contribution in [0.15, 0.2) is 54.6 Å². The van der Waals surface area contributed by atoms with Gasteiger partial charge in [0.05, 0.1) is 12.1 Å². The standard InChI is InChI=1S/C28H36N4O4/c29-12-16-35-23-8-4-7-22(17-23)27(20-5-2-1-3-6-20)21-9-13-31(14-10-21)28(34)32-15-11-25-24(18-32)30-26(33)19-36-25/h1-8,17,21,24-25,27H,9-16,18-19,29H2,(H,30,33)/t24-,25?,27?/m1/s1. The van der Waals surface area contributed by atoms with E-state index in [-0.39, 0.29) is 36.6 Å². The Bertz CT molecular complexity index is 1040. The van der Waals surface area contributed by atoms with E-state index in [0.717, 1.165) is 38.1 Å². The molecule has 2 aromatic rings. The Hall–Kier alpha value is -3.10. The zero-order chi connectivity index (χ0) is 24.9. The first-order chi connectivity index (χ1) is 17.6. The van der Waals surface area contributed by atoms with Gasteiger partial charge in [-0.05, 0) is 48.4 Å². The lowest BCUT2D eigenvalue weighted by Gasteiger charge is -2.44. The number of urea groups is 1. The summed E-state index contributed by atoms with van der Waals surface area (Å²) in [6.07, 6.45) is 2.62. The van der Waals surface area contributed by atoms with Crippen LogP contribution in [0.5, 0.6) is 5.75 Å². The van der Waals surface area contributed by atoms with Gasteiger partial charge in [-0.15, -0.1) is 0 Å². The number of nitrogens with zero attached hydrogens (tertiary/aromatic N) is 2. The first-order valence-corrected chi connectivity index (χ1v) is 13.0. The molecule has 0 radical (unpaired) electrons. The summed E-state index contributed by atoms with van der Waals surface area (Å²) in [7, 11) is 0. The van der Waals surface area contributed by atoms with Gasteiger partial charge < -0.3 is 30.3 Å². The summed E-state index contributed by atoms with van der Waals surface area (Å²) < 4.78 is 11.5. The molecule has 3 fully saturated rings. The lowest BCUT2D eigenvalue weighted by Crippen LogP contribution is -2.62. The molecular weight excluding hydrogens is 456 g/mol. The van der Waals surface area contributed by atoms with Crippen LogP contribution in [0, 0.1) is 5.92 Å². The van der Waals surface area contributed by atoms with E-state index in [1.54, 1.807) is 0 Å². The van der Waals surface area contributed by atoms with Crippen molar-refractivity contribution in [3.05, 3.63) is 65.7 Å². The number of piperidine rings is 2. The summed E-state index contributed by atoms with van der Waals surface area (Å²) in [5.41, 5.74) is 8.14. The predicted molar refractivity (Wildman–Crippen MR) is 137 cm³/mol. The fourth-order valence-electron chi connectivity index (χ4n) is 5.87. The molecule has 0 aliphatic carbocycles. The third kappa shape index (κ3) is 5.50. The van der Waals surface area contributed by atoms with Crippen molar-refractivity contribution in [2.45, 2.75) is 37.3 Å². The Kier molecular flexibility index (Phi) is 7.72. The molecule has 3 aliphatic rings. The van der Waals surface area contributed by atoms with Crippen molar-refractivity contribution in [2.24, 2.45) is 11.7 Å². The molecule has 3 amide bonds. The maximum absolute atomic E-state index is 13.3. The second-order valence-electron chi connectivity index (χ2n) is 9.96. The van der Waals surface area contributed by atoms with Crippen molar-refractivity contribution in [2.75, 3.05) is 45.9 Å². The smallest absolute Gasteiger partial charge is 0.320 e. The number of morpholine rings is 1. The van der Waals surface area contributed by atoms with Crippen molar-refractivity contribution in [1.29, 1.82) is 0 Å². The number of amides is 3. The summed E-state index contributed by atoms with van der Waals surface area (Å²) in [4.78, 5) is 28.9. The Morgan fingerprint density at radius 1 is 1.03 bits per heavy atom. The van der Waals surface area contributed by atoms with Gasteiger partial charge in [0.15, 0.2) is 0 Å². The molecule has 8 nitrogen and oxygen atoms in total. The van der Waals surface area contributed by atoms with E-state index in [0.29, 0.717) is 32.2 Å². The number of rotatable bonds is 6. The topological polar surface area (TPSA) is 97.1 Å². The highest BCUT2D eigenvalue weighted by atomic mass is 16.5. The zero-order valence-corrected chi connectivity index (χ0v) is 20.7. The van der Waals surface area contributed by atoms with Crippen LogP contribution in [0.2, 0.25) is 0 Å². The Morgan fingerprint density at radius 2 is 1.78 bits per heavy atom. The molecule has 2 unspecified atom stereocenters. The molecule has 3 heterocycles. The van der Waals surface area contributed by atoms with Crippen LogP contribution in [-0.2, 0) is 9.53 Å². The molecule has 0 saturated carbocycles. The quantitative estimate of drug-likeness (QED) is 0.646. The molecular formula is C28H36N4O4. The number of benzene rings is 2. The van der Waals surface area contributed by atoms with Gasteiger partial charge in [0, 0.05) is 38.6 Å². The minimum atomic E-state index is -0.113. The average Bonchev–Trinajstić information content (AvgIpc) is 2.92. The van der Waals surface area contributed by atoms with E-state index in [2.05, 4.69) is 41.7 Å². The highest BCUT2D eigenvalue weighted by Crippen LogP contribution is 2.39. The summed E-state index contributed by atoms with van der Waals surface area (Å²) >= 11 is 0. The van der Waals surface area contributed by atoms with Crippen LogP contribution in [0.25, 0.3) is 0 Å².